The van der Waals surface area contributed by atoms with Gasteiger partial charge in [-0.1, -0.05) is 18.2 Å². The standard InChI is InChI=1S/C18H21N3O3/c1-14-19-10-7-16(20-14)17(22)21-11-8-18(23,9-12-21)13-24-15-5-3-2-4-6-15/h2-7,10,23H,8-9,11-13H2,1H3. The Kier molecular flexibility index (Phi) is 4.76. The molecule has 2 aromatic rings. The third kappa shape index (κ3) is 3.89. The van der Waals surface area contributed by atoms with Gasteiger partial charge in [0.25, 0.3) is 5.91 Å². The number of aromatic nitrogens is 2. The predicted molar refractivity (Wildman–Crippen MR) is 88.8 cm³/mol. The average molecular weight is 327 g/mol. The fraction of sp³-hybridized carbons (Fsp3) is 0.389. The smallest absolute Gasteiger partial charge is 0.272 e. The number of ether oxygens (including phenoxy) is 1. The number of piperidine rings is 1. The van der Waals surface area contributed by atoms with E-state index in [2.05, 4.69) is 9.97 Å². The number of amides is 1. The highest BCUT2D eigenvalue weighted by atomic mass is 16.5. The summed E-state index contributed by atoms with van der Waals surface area (Å²) in [5.74, 6) is 1.19. The van der Waals surface area contributed by atoms with Crippen molar-refractivity contribution >= 4 is 5.91 Å². The van der Waals surface area contributed by atoms with Gasteiger partial charge in [-0.3, -0.25) is 4.79 Å². The van der Waals surface area contributed by atoms with Crippen LogP contribution in [0.5, 0.6) is 5.75 Å². The molecule has 1 saturated heterocycles. The fourth-order valence-corrected chi connectivity index (χ4v) is 2.74. The maximum atomic E-state index is 12.5. The number of aliphatic hydroxyl groups is 1. The first kappa shape index (κ1) is 16.4. The van der Waals surface area contributed by atoms with Crippen LogP contribution in [0.4, 0.5) is 0 Å². The van der Waals surface area contributed by atoms with Crippen LogP contribution in [0.15, 0.2) is 42.6 Å². The fourth-order valence-electron chi connectivity index (χ4n) is 2.74. The lowest BCUT2D eigenvalue weighted by Gasteiger charge is -2.37. The monoisotopic (exact) mass is 327 g/mol. The molecule has 6 heteroatoms. The maximum Gasteiger partial charge on any atom is 0.272 e. The van der Waals surface area contributed by atoms with Gasteiger partial charge in [0, 0.05) is 19.3 Å². The highest BCUT2D eigenvalue weighted by Gasteiger charge is 2.35. The Morgan fingerprint density at radius 3 is 2.62 bits per heavy atom. The Morgan fingerprint density at radius 2 is 1.96 bits per heavy atom. The molecule has 1 N–H and O–H groups in total. The van der Waals surface area contributed by atoms with Crippen LogP contribution in [0.3, 0.4) is 0 Å². The number of para-hydroxylation sites is 1. The second kappa shape index (κ2) is 6.97. The quantitative estimate of drug-likeness (QED) is 0.927. The number of benzene rings is 1. The summed E-state index contributed by atoms with van der Waals surface area (Å²) in [4.78, 5) is 22.4. The summed E-state index contributed by atoms with van der Waals surface area (Å²) in [6.07, 6.45) is 2.55. The van der Waals surface area contributed by atoms with Crippen molar-refractivity contribution in [3.05, 3.63) is 54.1 Å². The van der Waals surface area contributed by atoms with Crippen molar-refractivity contribution in [2.75, 3.05) is 19.7 Å². The third-order valence-corrected chi connectivity index (χ3v) is 4.23. The summed E-state index contributed by atoms with van der Waals surface area (Å²) in [5.41, 5.74) is -0.512. The third-order valence-electron chi connectivity index (χ3n) is 4.23. The van der Waals surface area contributed by atoms with Crippen LogP contribution < -0.4 is 4.74 Å². The second-order valence-electron chi connectivity index (χ2n) is 6.11. The first-order chi connectivity index (χ1) is 11.6. The van der Waals surface area contributed by atoms with Gasteiger partial charge in [-0.05, 0) is 38.0 Å². The molecular weight excluding hydrogens is 306 g/mol. The highest BCUT2D eigenvalue weighted by Crippen LogP contribution is 2.24. The van der Waals surface area contributed by atoms with Gasteiger partial charge in [0.05, 0.1) is 0 Å². The minimum atomic E-state index is -0.909. The molecule has 1 aliphatic heterocycles. The number of nitrogens with zero attached hydrogens (tertiary/aromatic N) is 3. The Morgan fingerprint density at radius 1 is 1.25 bits per heavy atom. The molecule has 0 atom stereocenters. The molecule has 1 aliphatic rings. The molecular formula is C18H21N3O3. The minimum absolute atomic E-state index is 0.119. The Hall–Kier alpha value is -2.47. The zero-order valence-electron chi connectivity index (χ0n) is 13.7. The zero-order valence-corrected chi connectivity index (χ0v) is 13.7. The summed E-state index contributed by atoms with van der Waals surface area (Å²) in [6, 6.07) is 11.0. The summed E-state index contributed by atoms with van der Waals surface area (Å²) in [7, 11) is 0. The van der Waals surface area contributed by atoms with E-state index < -0.39 is 5.60 Å². The van der Waals surface area contributed by atoms with Crippen LogP contribution in [0, 0.1) is 6.92 Å². The molecule has 0 radical (unpaired) electrons. The van der Waals surface area contributed by atoms with Crippen LogP contribution in [0.1, 0.15) is 29.2 Å². The van der Waals surface area contributed by atoms with Crippen LogP contribution in [0.2, 0.25) is 0 Å². The summed E-state index contributed by atoms with van der Waals surface area (Å²) >= 11 is 0. The average Bonchev–Trinajstić information content (AvgIpc) is 2.61. The number of carbonyl (C=O) groups excluding carboxylic acids is 1. The van der Waals surface area contributed by atoms with E-state index in [0.29, 0.717) is 37.4 Å². The molecule has 0 aliphatic carbocycles. The van der Waals surface area contributed by atoms with E-state index in [4.69, 9.17) is 4.74 Å². The van der Waals surface area contributed by atoms with Crippen molar-refractivity contribution in [1.29, 1.82) is 0 Å². The lowest BCUT2D eigenvalue weighted by molar-refractivity contribution is -0.0476. The lowest BCUT2D eigenvalue weighted by atomic mass is 9.92. The number of hydrogen-bond donors (Lipinski definition) is 1. The Labute approximate surface area is 141 Å². The van der Waals surface area contributed by atoms with Gasteiger partial charge >= 0.3 is 0 Å². The lowest BCUT2D eigenvalue weighted by Crippen LogP contribution is -2.49. The number of aryl methyl sites for hydroxylation is 1. The van der Waals surface area contributed by atoms with E-state index in [-0.39, 0.29) is 12.5 Å². The molecule has 0 saturated carbocycles. The number of likely N-dealkylation sites (tertiary alicyclic amines) is 1. The summed E-state index contributed by atoms with van der Waals surface area (Å²) in [5, 5.41) is 10.7. The van der Waals surface area contributed by atoms with Crippen molar-refractivity contribution in [2.45, 2.75) is 25.4 Å². The van der Waals surface area contributed by atoms with Crippen molar-refractivity contribution in [3.8, 4) is 5.75 Å². The van der Waals surface area contributed by atoms with Gasteiger partial charge in [0.1, 0.15) is 29.5 Å². The first-order valence-corrected chi connectivity index (χ1v) is 8.05. The second-order valence-corrected chi connectivity index (χ2v) is 6.11. The van der Waals surface area contributed by atoms with Crippen LogP contribution >= 0.6 is 0 Å². The molecule has 6 nitrogen and oxygen atoms in total. The molecule has 1 fully saturated rings. The van der Waals surface area contributed by atoms with E-state index in [1.165, 1.54) is 0 Å². The zero-order chi connectivity index (χ0) is 17.0. The van der Waals surface area contributed by atoms with Crippen molar-refractivity contribution in [2.24, 2.45) is 0 Å². The topological polar surface area (TPSA) is 75.6 Å². The molecule has 3 rings (SSSR count). The van der Waals surface area contributed by atoms with Gasteiger partial charge in [-0.25, -0.2) is 9.97 Å². The minimum Gasteiger partial charge on any atom is -0.491 e. The van der Waals surface area contributed by atoms with E-state index >= 15 is 0 Å². The van der Waals surface area contributed by atoms with Crippen LogP contribution in [0.25, 0.3) is 0 Å². The van der Waals surface area contributed by atoms with E-state index in [1.54, 1.807) is 24.1 Å². The molecule has 1 amide bonds. The molecule has 1 aromatic carbocycles. The molecule has 0 unspecified atom stereocenters. The van der Waals surface area contributed by atoms with Gasteiger partial charge in [-0.15, -0.1) is 0 Å². The van der Waals surface area contributed by atoms with Crippen molar-refractivity contribution in [1.82, 2.24) is 14.9 Å². The molecule has 1 aromatic heterocycles. The first-order valence-electron chi connectivity index (χ1n) is 8.05. The van der Waals surface area contributed by atoms with Crippen LogP contribution in [-0.4, -0.2) is 51.2 Å². The van der Waals surface area contributed by atoms with Crippen LogP contribution in [-0.2, 0) is 0 Å². The molecule has 0 spiro atoms. The SMILES string of the molecule is Cc1nccc(C(=O)N2CCC(O)(COc3ccccc3)CC2)n1. The van der Waals surface area contributed by atoms with Gasteiger partial charge in [0.2, 0.25) is 0 Å². The van der Waals surface area contributed by atoms with Crippen molar-refractivity contribution < 1.29 is 14.6 Å². The normalized spacial score (nSPS) is 16.7. The predicted octanol–water partition coefficient (Wildman–Crippen LogP) is 1.83. The Bertz CT molecular complexity index is 698. The van der Waals surface area contributed by atoms with Crippen molar-refractivity contribution in [3.63, 3.8) is 0 Å². The molecule has 126 valence electrons. The summed E-state index contributed by atoms with van der Waals surface area (Å²) in [6.45, 7) is 2.95. The largest absolute Gasteiger partial charge is 0.491 e. The number of rotatable bonds is 4. The summed E-state index contributed by atoms with van der Waals surface area (Å²) < 4.78 is 5.67. The Balaban J connectivity index is 1.55. The number of carbonyl (C=O) groups is 1. The van der Waals surface area contributed by atoms with Gasteiger partial charge in [-0.2, -0.15) is 0 Å². The molecule has 24 heavy (non-hydrogen) atoms. The molecule has 0 bridgehead atoms. The molecule has 2 heterocycles. The van der Waals surface area contributed by atoms with E-state index in [9.17, 15) is 9.90 Å². The van der Waals surface area contributed by atoms with E-state index in [1.807, 2.05) is 30.3 Å². The van der Waals surface area contributed by atoms with Gasteiger partial charge < -0.3 is 14.7 Å². The maximum absolute atomic E-state index is 12.5. The van der Waals surface area contributed by atoms with E-state index in [0.717, 1.165) is 5.75 Å². The van der Waals surface area contributed by atoms with Gasteiger partial charge in [0.15, 0.2) is 0 Å². The number of hydrogen-bond acceptors (Lipinski definition) is 5. The highest BCUT2D eigenvalue weighted by molar-refractivity contribution is 5.92.